The van der Waals surface area contributed by atoms with Crippen LogP contribution >= 0.6 is 0 Å². The van der Waals surface area contributed by atoms with Crippen LogP contribution in [0.15, 0.2) is 23.2 Å². The van der Waals surface area contributed by atoms with Crippen molar-refractivity contribution in [1.82, 2.24) is 15.5 Å². The second kappa shape index (κ2) is 11.4. The molecule has 0 aromatic heterocycles. The van der Waals surface area contributed by atoms with Gasteiger partial charge in [-0.05, 0) is 50.4 Å². The fraction of sp³-hybridized carbons (Fsp3) is 0.696. The van der Waals surface area contributed by atoms with Crippen molar-refractivity contribution < 1.29 is 9.47 Å². The van der Waals surface area contributed by atoms with E-state index in [0.717, 1.165) is 43.4 Å². The van der Waals surface area contributed by atoms with Gasteiger partial charge in [-0.2, -0.15) is 0 Å². The largest absolute Gasteiger partial charge is 0.488 e. The molecule has 0 spiro atoms. The van der Waals surface area contributed by atoms with Crippen molar-refractivity contribution in [3.63, 3.8) is 0 Å². The third-order valence-corrected chi connectivity index (χ3v) is 5.71. The molecule has 2 unspecified atom stereocenters. The van der Waals surface area contributed by atoms with Crippen molar-refractivity contribution >= 4 is 5.96 Å². The first-order valence-electron chi connectivity index (χ1n) is 11.1. The minimum atomic E-state index is 0.156. The molecule has 0 aliphatic carbocycles. The first-order valence-corrected chi connectivity index (χ1v) is 11.1. The highest BCUT2D eigenvalue weighted by Gasteiger charge is 2.19. The molecular weight excluding hydrogens is 364 g/mol. The van der Waals surface area contributed by atoms with E-state index < -0.39 is 0 Å². The molecule has 6 nitrogen and oxygen atoms in total. The van der Waals surface area contributed by atoms with Gasteiger partial charge in [-0.15, -0.1) is 0 Å². The summed E-state index contributed by atoms with van der Waals surface area (Å²) in [6.45, 7) is 11.1. The van der Waals surface area contributed by atoms with E-state index in [1.165, 1.54) is 37.9 Å². The zero-order valence-corrected chi connectivity index (χ0v) is 18.4. The Labute approximate surface area is 176 Å². The van der Waals surface area contributed by atoms with Crippen LogP contribution in [0.4, 0.5) is 0 Å². The molecule has 2 saturated heterocycles. The van der Waals surface area contributed by atoms with Crippen molar-refractivity contribution in [2.45, 2.75) is 52.2 Å². The lowest BCUT2D eigenvalue weighted by Crippen LogP contribution is -2.42. The number of rotatable bonds is 8. The van der Waals surface area contributed by atoms with E-state index in [1.807, 2.05) is 7.05 Å². The second-order valence-corrected chi connectivity index (χ2v) is 8.49. The SMILES string of the molecule is CN=C(NCc1ccc(C)cc1OC1CCOC1)NCC(C)CN1CCCCC1. The number of nitrogens with zero attached hydrogens (tertiary/aromatic N) is 2. The maximum Gasteiger partial charge on any atom is 0.191 e. The number of guanidine groups is 1. The number of nitrogens with one attached hydrogen (secondary N) is 2. The number of piperidine rings is 1. The van der Waals surface area contributed by atoms with E-state index in [9.17, 15) is 0 Å². The van der Waals surface area contributed by atoms with Gasteiger partial charge in [0.25, 0.3) is 0 Å². The highest BCUT2D eigenvalue weighted by Crippen LogP contribution is 2.23. The molecule has 1 aromatic rings. The Hall–Kier alpha value is -1.79. The normalized spacial score (nSPS) is 21.8. The van der Waals surface area contributed by atoms with Gasteiger partial charge in [-0.3, -0.25) is 4.99 Å². The van der Waals surface area contributed by atoms with Crippen molar-refractivity contribution in [2.24, 2.45) is 10.9 Å². The van der Waals surface area contributed by atoms with Crippen molar-refractivity contribution in [3.8, 4) is 5.75 Å². The highest BCUT2D eigenvalue weighted by molar-refractivity contribution is 5.79. The second-order valence-electron chi connectivity index (χ2n) is 8.49. The van der Waals surface area contributed by atoms with Crippen LogP contribution < -0.4 is 15.4 Å². The standard InChI is InChI=1S/C23H38N4O2/c1-18-7-8-20(22(13-18)29-21-9-12-28-17-21)15-26-23(24-3)25-14-19(2)16-27-10-5-4-6-11-27/h7-8,13,19,21H,4-6,9-12,14-17H2,1-3H3,(H2,24,25,26). The Morgan fingerprint density at radius 1 is 1.28 bits per heavy atom. The number of hydrogen-bond donors (Lipinski definition) is 2. The number of ether oxygens (including phenoxy) is 2. The monoisotopic (exact) mass is 402 g/mol. The molecule has 2 aliphatic rings. The molecule has 29 heavy (non-hydrogen) atoms. The number of benzene rings is 1. The fourth-order valence-corrected chi connectivity index (χ4v) is 4.02. The van der Waals surface area contributed by atoms with Crippen LogP contribution in [0.5, 0.6) is 5.75 Å². The minimum absolute atomic E-state index is 0.156. The van der Waals surface area contributed by atoms with E-state index in [1.54, 1.807) is 0 Å². The lowest BCUT2D eigenvalue weighted by molar-refractivity contribution is 0.140. The Morgan fingerprint density at radius 2 is 2.10 bits per heavy atom. The Bertz CT molecular complexity index is 652. The summed E-state index contributed by atoms with van der Waals surface area (Å²) < 4.78 is 11.7. The molecule has 0 bridgehead atoms. The molecule has 2 N–H and O–H groups in total. The topological polar surface area (TPSA) is 58.1 Å². The average Bonchev–Trinajstić information content (AvgIpc) is 3.23. The van der Waals surface area contributed by atoms with Crippen molar-refractivity contribution in [3.05, 3.63) is 29.3 Å². The highest BCUT2D eigenvalue weighted by atomic mass is 16.5. The van der Waals surface area contributed by atoms with E-state index in [4.69, 9.17) is 9.47 Å². The van der Waals surface area contributed by atoms with Crippen molar-refractivity contribution in [2.75, 3.05) is 46.4 Å². The maximum absolute atomic E-state index is 6.21. The number of likely N-dealkylation sites (tertiary alicyclic amines) is 1. The Kier molecular flexibility index (Phi) is 8.62. The quantitative estimate of drug-likeness (QED) is 0.517. The third kappa shape index (κ3) is 7.19. The summed E-state index contributed by atoms with van der Waals surface area (Å²) in [6, 6.07) is 6.39. The number of aryl methyl sites for hydroxylation is 1. The summed E-state index contributed by atoms with van der Waals surface area (Å²) in [7, 11) is 1.83. The molecule has 2 aliphatic heterocycles. The van der Waals surface area contributed by atoms with Gasteiger partial charge < -0.3 is 25.0 Å². The molecule has 2 heterocycles. The van der Waals surface area contributed by atoms with Crippen LogP contribution in [-0.4, -0.2) is 63.4 Å². The van der Waals surface area contributed by atoms with Crippen LogP contribution in [0, 0.1) is 12.8 Å². The Morgan fingerprint density at radius 3 is 2.83 bits per heavy atom. The van der Waals surface area contributed by atoms with Gasteiger partial charge in [0.1, 0.15) is 11.9 Å². The van der Waals surface area contributed by atoms with Crippen LogP contribution in [0.2, 0.25) is 0 Å². The van der Waals surface area contributed by atoms with Gasteiger partial charge in [0.05, 0.1) is 13.2 Å². The summed E-state index contributed by atoms with van der Waals surface area (Å²) in [4.78, 5) is 6.98. The summed E-state index contributed by atoms with van der Waals surface area (Å²) in [5, 5.41) is 6.93. The van der Waals surface area contributed by atoms with Gasteiger partial charge in [0.2, 0.25) is 0 Å². The van der Waals surface area contributed by atoms with Crippen LogP contribution in [0.1, 0.15) is 43.7 Å². The van der Waals surface area contributed by atoms with Gasteiger partial charge in [0.15, 0.2) is 5.96 Å². The number of hydrogen-bond acceptors (Lipinski definition) is 4. The molecule has 3 rings (SSSR count). The van der Waals surface area contributed by atoms with E-state index in [2.05, 4.69) is 52.6 Å². The maximum atomic E-state index is 6.21. The predicted octanol–water partition coefficient (Wildman–Crippen LogP) is 2.95. The molecule has 0 saturated carbocycles. The molecule has 2 atom stereocenters. The lowest BCUT2D eigenvalue weighted by atomic mass is 10.1. The molecule has 0 amide bonds. The molecule has 6 heteroatoms. The summed E-state index contributed by atoms with van der Waals surface area (Å²) in [6.07, 6.45) is 5.19. The summed E-state index contributed by atoms with van der Waals surface area (Å²) in [5.74, 6) is 2.38. The number of aliphatic imine (C=N–C) groups is 1. The van der Waals surface area contributed by atoms with Crippen LogP contribution in [-0.2, 0) is 11.3 Å². The third-order valence-electron chi connectivity index (χ3n) is 5.71. The molecular formula is C23H38N4O2. The smallest absolute Gasteiger partial charge is 0.191 e. The van der Waals surface area contributed by atoms with Gasteiger partial charge in [-0.1, -0.05) is 25.5 Å². The Balaban J connectivity index is 1.47. The minimum Gasteiger partial charge on any atom is -0.488 e. The summed E-state index contributed by atoms with van der Waals surface area (Å²) in [5.41, 5.74) is 2.35. The predicted molar refractivity (Wildman–Crippen MR) is 119 cm³/mol. The van der Waals surface area contributed by atoms with Gasteiger partial charge in [-0.25, -0.2) is 0 Å². The van der Waals surface area contributed by atoms with E-state index in [-0.39, 0.29) is 6.10 Å². The summed E-state index contributed by atoms with van der Waals surface area (Å²) >= 11 is 0. The first kappa shape index (κ1) is 21.9. The molecule has 2 fully saturated rings. The first-order chi connectivity index (χ1) is 14.1. The van der Waals surface area contributed by atoms with Crippen LogP contribution in [0.25, 0.3) is 0 Å². The molecule has 0 radical (unpaired) electrons. The zero-order chi connectivity index (χ0) is 20.5. The van der Waals surface area contributed by atoms with Gasteiger partial charge in [0, 0.05) is 38.7 Å². The van der Waals surface area contributed by atoms with Crippen molar-refractivity contribution in [1.29, 1.82) is 0 Å². The molecule has 162 valence electrons. The zero-order valence-electron chi connectivity index (χ0n) is 18.4. The lowest BCUT2D eigenvalue weighted by Gasteiger charge is -2.29. The van der Waals surface area contributed by atoms with E-state index in [0.29, 0.717) is 19.1 Å². The van der Waals surface area contributed by atoms with E-state index >= 15 is 0 Å². The fourth-order valence-electron chi connectivity index (χ4n) is 4.02. The average molecular weight is 403 g/mol. The van der Waals surface area contributed by atoms with Gasteiger partial charge >= 0.3 is 0 Å². The van der Waals surface area contributed by atoms with Crippen LogP contribution in [0.3, 0.4) is 0 Å². The molecule has 1 aromatic carbocycles.